The molecular weight excluding hydrogens is 254 g/mol. The summed E-state index contributed by atoms with van der Waals surface area (Å²) in [6.45, 7) is 6.01. The van der Waals surface area contributed by atoms with Crippen molar-refractivity contribution < 1.29 is 4.74 Å². The Labute approximate surface area is 119 Å². The zero-order valence-electron chi connectivity index (χ0n) is 12.2. The van der Waals surface area contributed by atoms with Gasteiger partial charge in [0.05, 0.1) is 12.8 Å². The van der Waals surface area contributed by atoms with Crippen LogP contribution < -0.4 is 10.1 Å². The van der Waals surface area contributed by atoms with E-state index in [1.54, 1.807) is 7.11 Å². The number of rotatable bonds is 7. The molecule has 0 fully saturated rings. The topological polar surface area (TPSA) is 64.9 Å². The highest BCUT2D eigenvalue weighted by Gasteiger charge is 2.20. The fourth-order valence-corrected chi connectivity index (χ4v) is 2.09. The van der Waals surface area contributed by atoms with Gasteiger partial charge >= 0.3 is 0 Å². The summed E-state index contributed by atoms with van der Waals surface area (Å²) < 4.78 is 7.29. The van der Waals surface area contributed by atoms with Crippen LogP contribution in [-0.2, 0) is 6.54 Å². The van der Waals surface area contributed by atoms with E-state index in [1.807, 2.05) is 18.5 Å². The van der Waals surface area contributed by atoms with E-state index >= 15 is 0 Å². The fraction of sp³-hybridized carbons (Fsp3) is 0.500. The first-order valence-electron chi connectivity index (χ1n) is 6.90. The number of nitrogens with zero attached hydrogens (tertiary/aromatic N) is 4. The number of methoxy groups -OCH3 is 1. The fourth-order valence-electron chi connectivity index (χ4n) is 2.09. The summed E-state index contributed by atoms with van der Waals surface area (Å²) in [7, 11) is 1.60. The van der Waals surface area contributed by atoms with E-state index in [9.17, 15) is 0 Å². The lowest BCUT2D eigenvalue weighted by Crippen LogP contribution is -2.27. The molecule has 1 atom stereocenters. The zero-order chi connectivity index (χ0) is 14.4. The second-order valence-electron chi connectivity index (χ2n) is 4.44. The summed E-state index contributed by atoms with van der Waals surface area (Å²) in [5.74, 6) is 1.52. The molecule has 0 spiro atoms. The standard InChI is InChI=1S/C14H21N5O/c1-4-6-15-13(14-16-7-8-19(14)5-2)11-9-12(20-3)18-10-17-11/h7-10,13,15H,4-6H2,1-3H3. The van der Waals surface area contributed by atoms with Gasteiger partial charge in [0.1, 0.15) is 18.2 Å². The molecule has 2 aromatic rings. The lowest BCUT2D eigenvalue weighted by molar-refractivity contribution is 0.394. The van der Waals surface area contributed by atoms with Crippen LogP contribution in [0.3, 0.4) is 0 Å². The van der Waals surface area contributed by atoms with Gasteiger partial charge in [0.2, 0.25) is 5.88 Å². The highest BCUT2D eigenvalue weighted by Crippen LogP contribution is 2.21. The van der Waals surface area contributed by atoms with Gasteiger partial charge in [0.25, 0.3) is 0 Å². The Kier molecular flexibility index (Phi) is 5.06. The summed E-state index contributed by atoms with van der Waals surface area (Å²) in [6, 6.07) is 1.80. The molecule has 2 rings (SSSR count). The van der Waals surface area contributed by atoms with Crippen molar-refractivity contribution in [3.63, 3.8) is 0 Å². The summed E-state index contributed by atoms with van der Waals surface area (Å²) in [4.78, 5) is 12.9. The molecule has 108 valence electrons. The Balaban J connectivity index is 2.36. The van der Waals surface area contributed by atoms with Gasteiger partial charge in [-0.05, 0) is 19.9 Å². The van der Waals surface area contributed by atoms with E-state index < -0.39 is 0 Å². The van der Waals surface area contributed by atoms with E-state index in [4.69, 9.17) is 4.74 Å². The molecule has 20 heavy (non-hydrogen) atoms. The third-order valence-electron chi connectivity index (χ3n) is 3.11. The molecule has 0 amide bonds. The van der Waals surface area contributed by atoms with E-state index in [0.29, 0.717) is 5.88 Å². The molecule has 6 heteroatoms. The minimum Gasteiger partial charge on any atom is -0.481 e. The molecule has 0 saturated heterocycles. The maximum absolute atomic E-state index is 5.18. The molecule has 1 N–H and O–H groups in total. The van der Waals surface area contributed by atoms with Gasteiger partial charge in [0.15, 0.2) is 0 Å². The molecule has 2 aromatic heterocycles. The Hall–Kier alpha value is -1.95. The van der Waals surface area contributed by atoms with Crippen LogP contribution in [0, 0.1) is 0 Å². The average Bonchev–Trinajstić information content (AvgIpc) is 2.96. The van der Waals surface area contributed by atoms with Crippen molar-refractivity contribution in [2.45, 2.75) is 32.9 Å². The van der Waals surface area contributed by atoms with E-state index in [0.717, 1.165) is 31.0 Å². The molecular formula is C14H21N5O. The lowest BCUT2D eigenvalue weighted by atomic mass is 10.1. The summed E-state index contributed by atoms with van der Waals surface area (Å²) in [5.41, 5.74) is 0.867. The van der Waals surface area contributed by atoms with Crippen LogP contribution in [0.25, 0.3) is 0 Å². The molecule has 6 nitrogen and oxygen atoms in total. The van der Waals surface area contributed by atoms with Crippen molar-refractivity contribution in [1.29, 1.82) is 0 Å². The number of aromatic nitrogens is 4. The molecule has 0 radical (unpaired) electrons. The largest absolute Gasteiger partial charge is 0.481 e. The van der Waals surface area contributed by atoms with Gasteiger partial charge in [0, 0.05) is 25.0 Å². The third kappa shape index (κ3) is 3.14. The van der Waals surface area contributed by atoms with Crippen molar-refractivity contribution in [1.82, 2.24) is 24.8 Å². The number of imidazole rings is 1. The van der Waals surface area contributed by atoms with Gasteiger partial charge < -0.3 is 14.6 Å². The summed E-state index contributed by atoms with van der Waals surface area (Å²) in [5, 5.41) is 3.48. The van der Waals surface area contributed by atoms with Gasteiger partial charge in [-0.3, -0.25) is 0 Å². The van der Waals surface area contributed by atoms with Gasteiger partial charge in [-0.1, -0.05) is 6.92 Å². The normalized spacial score (nSPS) is 12.3. The Morgan fingerprint density at radius 1 is 1.30 bits per heavy atom. The monoisotopic (exact) mass is 275 g/mol. The lowest BCUT2D eigenvalue weighted by Gasteiger charge is -2.18. The van der Waals surface area contributed by atoms with Crippen LogP contribution in [-0.4, -0.2) is 33.2 Å². The van der Waals surface area contributed by atoms with Crippen LogP contribution in [0.2, 0.25) is 0 Å². The highest BCUT2D eigenvalue weighted by molar-refractivity contribution is 5.22. The van der Waals surface area contributed by atoms with Crippen molar-refractivity contribution in [2.24, 2.45) is 0 Å². The quantitative estimate of drug-likeness (QED) is 0.834. The number of hydrogen-bond acceptors (Lipinski definition) is 5. The van der Waals surface area contributed by atoms with Crippen LogP contribution in [0.15, 0.2) is 24.8 Å². The number of nitrogens with one attached hydrogen (secondary N) is 1. The minimum atomic E-state index is -0.0539. The Bertz CT molecular complexity index is 540. The number of ether oxygens (including phenoxy) is 1. The minimum absolute atomic E-state index is 0.0539. The first kappa shape index (κ1) is 14.5. The van der Waals surface area contributed by atoms with Crippen molar-refractivity contribution in [3.8, 4) is 5.88 Å². The van der Waals surface area contributed by atoms with Gasteiger partial charge in [-0.15, -0.1) is 0 Å². The van der Waals surface area contributed by atoms with Gasteiger partial charge in [-0.25, -0.2) is 15.0 Å². The van der Waals surface area contributed by atoms with Crippen molar-refractivity contribution in [3.05, 3.63) is 36.3 Å². The molecule has 1 unspecified atom stereocenters. The van der Waals surface area contributed by atoms with Crippen molar-refractivity contribution >= 4 is 0 Å². The van der Waals surface area contributed by atoms with Crippen LogP contribution in [0.4, 0.5) is 0 Å². The Morgan fingerprint density at radius 3 is 2.85 bits per heavy atom. The number of hydrogen-bond donors (Lipinski definition) is 1. The van der Waals surface area contributed by atoms with Gasteiger partial charge in [-0.2, -0.15) is 0 Å². The highest BCUT2D eigenvalue weighted by atomic mass is 16.5. The molecule has 0 aliphatic carbocycles. The smallest absolute Gasteiger partial charge is 0.216 e. The maximum Gasteiger partial charge on any atom is 0.216 e. The zero-order valence-corrected chi connectivity index (χ0v) is 12.2. The van der Waals surface area contributed by atoms with E-state index in [2.05, 4.69) is 38.7 Å². The first-order valence-corrected chi connectivity index (χ1v) is 6.90. The summed E-state index contributed by atoms with van der Waals surface area (Å²) in [6.07, 6.45) is 6.37. The first-order chi connectivity index (χ1) is 9.80. The van der Waals surface area contributed by atoms with E-state index in [-0.39, 0.29) is 6.04 Å². The van der Waals surface area contributed by atoms with E-state index in [1.165, 1.54) is 6.33 Å². The van der Waals surface area contributed by atoms with Crippen LogP contribution in [0.5, 0.6) is 5.88 Å². The molecule has 0 aliphatic heterocycles. The molecule has 2 heterocycles. The summed E-state index contributed by atoms with van der Waals surface area (Å²) >= 11 is 0. The molecule has 0 bridgehead atoms. The third-order valence-corrected chi connectivity index (χ3v) is 3.11. The molecule has 0 aromatic carbocycles. The second-order valence-corrected chi connectivity index (χ2v) is 4.44. The molecule has 0 aliphatic rings. The second kappa shape index (κ2) is 7.00. The predicted octanol–water partition coefficient (Wildman–Crippen LogP) is 1.79. The average molecular weight is 275 g/mol. The van der Waals surface area contributed by atoms with Crippen molar-refractivity contribution in [2.75, 3.05) is 13.7 Å². The van der Waals surface area contributed by atoms with Crippen LogP contribution >= 0.6 is 0 Å². The molecule has 0 saturated carbocycles. The number of aryl methyl sites for hydroxylation is 1. The SMILES string of the molecule is CCCNC(c1cc(OC)ncn1)c1nccn1CC. The van der Waals surface area contributed by atoms with Crippen LogP contribution in [0.1, 0.15) is 37.8 Å². The maximum atomic E-state index is 5.18. The predicted molar refractivity (Wildman–Crippen MR) is 76.6 cm³/mol. The Morgan fingerprint density at radius 2 is 2.15 bits per heavy atom.